The molecule has 0 aromatic heterocycles. The van der Waals surface area contributed by atoms with Gasteiger partial charge in [0.05, 0.1) is 6.42 Å². The Morgan fingerprint density at radius 2 is 1.71 bits per heavy atom. The number of anilines is 1. The molecule has 0 aliphatic heterocycles. The zero-order valence-corrected chi connectivity index (χ0v) is 12.3. The third kappa shape index (κ3) is 5.64. The maximum atomic E-state index is 11.8. The number of carbonyl (C=O) groups excluding carboxylic acids is 2. The summed E-state index contributed by atoms with van der Waals surface area (Å²) in [5.41, 5.74) is 1.49. The van der Waals surface area contributed by atoms with Crippen molar-refractivity contribution >= 4 is 23.5 Å². The van der Waals surface area contributed by atoms with Crippen LogP contribution in [0.3, 0.4) is 0 Å². The number of rotatable bonds is 6. The number of nitrogens with one attached hydrogen (secondary N) is 2. The number of carbonyl (C=O) groups is 3. The van der Waals surface area contributed by atoms with Gasteiger partial charge in [-0.2, -0.15) is 0 Å². The molecule has 0 spiro atoms. The molecule has 0 heterocycles. The van der Waals surface area contributed by atoms with E-state index in [9.17, 15) is 14.4 Å². The number of hydrogen-bond donors (Lipinski definition) is 3. The van der Waals surface area contributed by atoms with Gasteiger partial charge in [0.2, 0.25) is 11.8 Å². The third-order valence-electron chi connectivity index (χ3n) is 3.04. The van der Waals surface area contributed by atoms with Crippen molar-refractivity contribution in [1.82, 2.24) is 5.32 Å². The number of carboxylic acids is 1. The Morgan fingerprint density at radius 3 is 2.19 bits per heavy atom. The van der Waals surface area contributed by atoms with Crippen LogP contribution >= 0.6 is 0 Å². The van der Waals surface area contributed by atoms with Crippen LogP contribution in [0.15, 0.2) is 24.3 Å². The van der Waals surface area contributed by atoms with Gasteiger partial charge < -0.3 is 15.7 Å². The third-order valence-corrected chi connectivity index (χ3v) is 3.04. The Labute approximate surface area is 123 Å². The zero-order valence-electron chi connectivity index (χ0n) is 12.3. The maximum absolute atomic E-state index is 11.8. The first-order valence-electron chi connectivity index (χ1n) is 6.69. The summed E-state index contributed by atoms with van der Waals surface area (Å²) in [6, 6.07) is 6.38. The molecule has 1 rings (SSSR count). The van der Waals surface area contributed by atoms with Crippen molar-refractivity contribution in [2.45, 2.75) is 39.2 Å². The van der Waals surface area contributed by atoms with E-state index in [2.05, 4.69) is 10.6 Å². The standard InChI is InChI=1S/C15H20N2O4/c1-9(8-14(19)20)12-4-6-13(7-5-12)17-15(21)10(2)16-11(3)18/h4-7,9-10H,8H2,1-3H3,(H,16,18)(H,17,21)(H,19,20). The summed E-state index contributed by atoms with van der Waals surface area (Å²) in [5, 5.41) is 13.9. The monoisotopic (exact) mass is 292 g/mol. The van der Waals surface area contributed by atoms with Crippen LogP contribution in [0.5, 0.6) is 0 Å². The molecule has 2 unspecified atom stereocenters. The lowest BCUT2D eigenvalue weighted by atomic mass is 9.98. The molecule has 21 heavy (non-hydrogen) atoms. The summed E-state index contributed by atoms with van der Waals surface area (Å²) in [6.07, 6.45) is 0.0608. The van der Waals surface area contributed by atoms with Gasteiger partial charge in [-0.05, 0) is 30.5 Å². The van der Waals surface area contributed by atoms with Crippen LogP contribution in [-0.2, 0) is 14.4 Å². The van der Waals surface area contributed by atoms with Gasteiger partial charge in [0, 0.05) is 12.6 Å². The Bertz CT molecular complexity index is 525. The van der Waals surface area contributed by atoms with Gasteiger partial charge in [-0.1, -0.05) is 19.1 Å². The largest absolute Gasteiger partial charge is 0.481 e. The summed E-state index contributed by atoms with van der Waals surface area (Å²) in [6.45, 7) is 4.78. The predicted octanol–water partition coefficient (Wildman–Crippen LogP) is 1.73. The molecular formula is C15H20N2O4. The minimum Gasteiger partial charge on any atom is -0.481 e. The van der Waals surface area contributed by atoms with Crippen LogP contribution in [0.25, 0.3) is 0 Å². The van der Waals surface area contributed by atoms with E-state index in [0.29, 0.717) is 5.69 Å². The fraction of sp³-hybridized carbons (Fsp3) is 0.400. The second-order valence-corrected chi connectivity index (χ2v) is 5.03. The molecule has 0 aliphatic carbocycles. The van der Waals surface area contributed by atoms with Crippen LogP contribution in [-0.4, -0.2) is 28.9 Å². The molecule has 0 radical (unpaired) electrons. The van der Waals surface area contributed by atoms with Crippen LogP contribution in [0, 0.1) is 0 Å². The molecule has 2 atom stereocenters. The van der Waals surface area contributed by atoms with Crippen molar-refractivity contribution in [3.8, 4) is 0 Å². The van der Waals surface area contributed by atoms with Gasteiger partial charge in [0.15, 0.2) is 0 Å². The second-order valence-electron chi connectivity index (χ2n) is 5.03. The van der Waals surface area contributed by atoms with Gasteiger partial charge in [-0.25, -0.2) is 0 Å². The molecular weight excluding hydrogens is 272 g/mol. The van der Waals surface area contributed by atoms with E-state index >= 15 is 0 Å². The minimum absolute atomic E-state index is 0.0608. The summed E-state index contributed by atoms with van der Waals surface area (Å²) in [4.78, 5) is 33.4. The summed E-state index contributed by atoms with van der Waals surface area (Å²) >= 11 is 0. The van der Waals surface area contributed by atoms with Gasteiger partial charge in [-0.3, -0.25) is 14.4 Å². The van der Waals surface area contributed by atoms with Crippen LogP contribution in [0.4, 0.5) is 5.69 Å². The SMILES string of the molecule is CC(=O)NC(C)C(=O)Nc1ccc(C(C)CC(=O)O)cc1. The molecule has 6 nitrogen and oxygen atoms in total. The molecule has 0 bridgehead atoms. The van der Waals surface area contributed by atoms with Gasteiger partial charge in [0.25, 0.3) is 0 Å². The molecule has 1 aromatic carbocycles. The van der Waals surface area contributed by atoms with Crippen LogP contribution in [0.2, 0.25) is 0 Å². The highest BCUT2D eigenvalue weighted by molar-refractivity contribution is 5.96. The van der Waals surface area contributed by atoms with E-state index in [4.69, 9.17) is 5.11 Å². The Balaban J connectivity index is 2.64. The topological polar surface area (TPSA) is 95.5 Å². The van der Waals surface area contributed by atoms with Crippen molar-refractivity contribution in [2.24, 2.45) is 0 Å². The first-order valence-corrected chi connectivity index (χ1v) is 6.69. The number of carboxylic acid groups (broad SMARTS) is 1. The normalized spacial score (nSPS) is 13.1. The summed E-state index contributed by atoms with van der Waals surface area (Å²) < 4.78 is 0. The average molecular weight is 292 g/mol. The predicted molar refractivity (Wildman–Crippen MR) is 79.0 cm³/mol. The van der Waals surface area contributed by atoms with Gasteiger partial charge >= 0.3 is 5.97 Å². The lowest BCUT2D eigenvalue weighted by molar-refractivity contribution is -0.137. The summed E-state index contributed by atoms with van der Waals surface area (Å²) in [5.74, 6) is -1.51. The molecule has 0 aliphatic rings. The average Bonchev–Trinajstić information content (AvgIpc) is 2.37. The van der Waals surface area contributed by atoms with Crippen LogP contribution in [0.1, 0.15) is 38.7 Å². The van der Waals surface area contributed by atoms with E-state index in [0.717, 1.165) is 5.56 Å². The minimum atomic E-state index is -0.844. The smallest absolute Gasteiger partial charge is 0.303 e. The fourth-order valence-corrected chi connectivity index (χ4v) is 1.90. The van der Waals surface area contributed by atoms with E-state index in [1.54, 1.807) is 31.2 Å². The highest BCUT2D eigenvalue weighted by Gasteiger charge is 2.14. The first kappa shape index (κ1) is 16.7. The van der Waals surface area contributed by atoms with Crippen molar-refractivity contribution in [2.75, 3.05) is 5.32 Å². The highest BCUT2D eigenvalue weighted by atomic mass is 16.4. The number of hydrogen-bond acceptors (Lipinski definition) is 3. The maximum Gasteiger partial charge on any atom is 0.303 e. The van der Waals surface area contributed by atoms with Crippen molar-refractivity contribution < 1.29 is 19.5 Å². The van der Waals surface area contributed by atoms with E-state index in [-0.39, 0.29) is 24.2 Å². The van der Waals surface area contributed by atoms with Crippen molar-refractivity contribution in [3.05, 3.63) is 29.8 Å². The second kappa shape index (κ2) is 7.42. The summed E-state index contributed by atoms with van der Waals surface area (Å²) in [7, 11) is 0. The molecule has 0 saturated carbocycles. The molecule has 3 N–H and O–H groups in total. The zero-order chi connectivity index (χ0) is 16.0. The number of benzene rings is 1. The van der Waals surface area contributed by atoms with E-state index < -0.39 is 12.0 Å². The van der Waals surface area contributed by atoms with Gasteiger partial charge in [0.1, 0.15) is 6.04 Å². The fourth-order valence-electron chi connectivity index (χ4n) is 1.90. The van der Waals surface area contributed by atoms with Crippen molar-refractivity contribution in [3.63, 3.8) is 0 Å². The van der Waals surface area contributed by atoms with Crippen molar-refractivity contribution in [1.29, 1.82) is 0 Å². The Hall–Kier alpha value is -2.37. The highest BCUT2D eigenvalue weighted by Crippen LogP contribution is 2.21. The quantitative estimate of drug-likeness (QED) is 0.744. The van der Waals surface area contributed by atoms with Crippen LogP contribution < -0.4 is 10.6 Å². The van der Waals surface area contributed by atoms with E-state index in [1.807, 2.05) is 6.92 Å². The molecule has 0 saturated heterocycles. The number of amides is 2. The molecule has 1 aromatic rings. The molecule has 114 valence electrons. The van der Waals surface area contributed by atoms with E-state index in [1.165, 1.54) is 6.92 Å². The first-order chi connectivity index (χ1) is 9.79. The Kier molecular flexibility index (Phi) is 5.90. The lowest BCUT2D eigenvalue weighted by Crippen LogP contribution is -2.40. The van der Waals surface area contributed by atoms with Gasteiger partial charge in [-0.15, -0.1) is 0 Å². The molecule has 2 amide bonds. The molecule has 0 fully saturated rings. The molecule has 6 heteroatoms. The lowest BCUT2D eigenvalue weighted by Gasteiger charge is -2.14. The number of aliphatic carboxylic acids is 1. The Morgan fingerprint density at radius 1 is 1.14 bits per heavy atom.